The Labute approximate surface area is 179 Å². The second-order valence-corrected chi connectivity index (χ2v) is 7.54. The van der Waals surface area contributed by atoms with Gasteiger partial charge in [0.15, 0.2) is 11.5 Å². The quantitative estimate of drug-likeness (QED) is 0.387. The summed E-state index contributed by atoms with van der Waals surface area (Å²) >= 11 is 0. The highest BCUT2D eigenvalue weighted by molar-refractivity contribution is 5.44. The van der Waals surface area contributed by atoms with Crippen molar-refractivity contribution in [1.82, 2.24) is 0 Å². The van der Waals surface area contributed by atoms with Crippen LogP contribution in [-0.2, 0) is 11.3 Å². The minimum atomic E-state index is 0.258. The van der Waals surface area contributed by atoms with Crippen molar-refractivity contribution in [1.29, 1.82) is 0 Å². The molecular formula is C26H30O4. The first-order chi connectivity index (χ1) is 14.6. The molecule has 0 saturated heterocycles. The van der Waals surface area contributed by atoms with Crippen LogP contribution in [0.1, 0.15) is 30.9 Å². The van der Waals surface area contributed by atoms with Crippen LogP contribution in [0.4, 0.5) is 0 Å². The topological polar surface area (TPSA) is 36.9 Å². The molecule has 0 bridgehead atoms. The van der Waals surface area contributed by atoms with E-state index >= 15 is 0 Å². The molecule has 158 valence electrons. The standard InChI is InChI=1S/C26H30O4/c1-19(2)24(21-13-14-25(27-3)26(16-21)28-4)18-29-17-20-9-8-12-23(15-20)30-22-10-6-5-7-11-22/h5-16,19,24H,17-18H2,1-4H3. The van der Waals surface area contributed by atoms with Gasteiger partial charge in [-0.15, -0.1) is 0 Å². The lowest BCUT2D eigenvalue weighted by Gasteiger charge is -2.22. The zero-order chi connectivity index (χ0) is 21.3. The molecule has 1 unspecified atom stereocenters. The van der Waals surface area contributed by atoms with Crippen LogP contribution in [-0.4, -0.2) is 20.8 Å². The number of ether oxygens (including phenoxy) is 4. The Bertz CT molecular complexity index is 921. The number of rotatable bonds is 10. The van der Waals surface area contributed by atoms with Crippen LogP contribution >= 0.6 is 0 Å². The van der Waals surface area contributed by atoms with Gasteiger partial charge in [-0.2, -0.15) is 0 Å². The van der Waals surface area contributed by atoms with Gasteiger partial charge in [0.1, 0.15) is 11.5 Å². The van der Waals surface area contributed by atoms with Gasteiger partial charge in [0, 0.05) is 5.92 Å². The number of benzene rings is 3. The smallest absolute Gasteiger partial charge is 0.160 e. The minimum absolute atomic E-state index is 0.258. The molecule has 0 aliphatic rings. The molecule has 3 rings (SSSR count). The lowest BCUT2D eigenvalue weighted by Crippen LogP contribution is -2.14. The molecule has 0 aliphatic heterocycles. The van der Waals surface area contributed by atoms with Gasteiger partial charge < -0.3 is 18.9 Å². The lowest BCUT2D eigenvalue weighted by molar-refractivity contribution is 0.0956. The van der Waals surface area contributed by atoms with Gasteiger partial charge in [-0.05, 0) is 53.4 Å². The van der Waals surface area contributed by atoms with E-state index < -0.39 is 0 Å². The van der Waals surface area contributed by atoms with Gasteiger partial charge >= 0.3 is 0 Å². The molecule has 30 heavy (non-hydrogen) atoms. The first-order valence-corrected chi connectivity index (χ1v) is 10.2. The summed E-state index contributed by atoms with van der Waals surface area (Å²) in [7, 11) is 3.31. The largest absolute Gasteiger partial charge is 0.493 e. The summed E-state index contributed by atoms with van der Waals surface area (Å²) in [4.78, 5) is 0. The Kier molecular flexibility index (Phi) is 7.75. The third kappa shape index (κ3) is 5.77. The first-order valence-electron chi connectivity index (χ1n) is 10.2. The van der Waals surface area contributed by atoms with Gasteiger partial charge in [0.25, 0.3) is 0 Å². The molecule has 0 spiro atoms. The molecule has 0 saturated carbocycles. The molecule has 0 fully saturated rings. The molecule has 4 heteroatoms. The molecule has 0 heterocycles. The van der Waals surface area contributed by atoms with Crippen LogP contribution in [0.2, 0.25) is 0 Å². The van der Waals surface area contributed by atoms with Gasteiger partial charge in [0.05, 0.1) is 27.4 Å². The van der Waals surface area contributed by atoms with Crippen molar-refractivity contribution < 1.29 is 18.9 Å². The predicted octanol–water partition coefficient (Wildman–Crippen LogP) is 6.45. The maximum absolute atomic E-state index is 6.11. The Morgan fingerprint density at radius 3 is 2.17 bits per heavy atom. The molecular weight excluding hydrogens is 376 g/mol. The van der Waals surface area contributed by atoms with E-state index in [-0.39, 0.29) is 5.92 Å². The molecule has 0 radical (unpaired) electrons. The molecule has 0 aliphatic carbocycles. The van der Waals surface area contributed by atoms with Crippen molar-refractivity contribution in [3.8, 4) is 23.0 Å². The van der Waals surface area contributed by atoms with Crippen molar-refractivity contribution in [2.45, 2.75) is 26.4 Å². The van der Waals surface area contributed by atoms with Crippen molar-refractivity contribution in [3.63, 3.8) is 0 Å². The van der Waals surface area contributed by atoms with Crippen molar-refractivity contribution in [3.05, 3.63) is 83.9 Å². The third-order valence-electron chi connectivity index (χ3n) is 5.08. The van der Waals surface area contributed by atoms with E-state index in [1.165, 1.54) is 5.56 Å². The fourth-order valence-corrected chi connectivity index (χ4v) is 3.38. The molecule has 3 aromatic carbocycles. The van der Waals surface area contributed by atoms with Gasteiger partial charge in [-0.1, -0.05) is 50.2 Å². The monoisotopic (exact) mass is 406 g/mol. The maximum Gasteiger partial charge on any atom is 0.160 e. The van der Waals surface area contributed by atoms with E-state index in [0.717, 1.165) is 28.6 Å². The maximum atomic E-state index is 6.11. The zero-order valence-electron chi connectivity index (χ0n) is 18.1. The fourth-order valence-electron chi connectivity index (χ4n) is 3.38. The molecule has 0 aromatic heterocycles. The summed E-state index contributed by atoms with van der Waals surface area (Å²) < 4.78 is 22.8. The van der Waals surface area contributed by atoms with Crippen LogP contribution in [0.15, 0.2) is 72.8 Å². The summed E-state index contributed by atoms with van der Waals surface area (Å²) in [6.45, 7) is 5.57. The summed E-state index contributed by atoms with van der Waals surface area (Å²) in [5, 5.41) is 0. The first kappa shape index (κ1) is 21.7. The highest BCUT2D eigenvalue weighted by atomic mass is 16.5. The van der Waals surface area contributed by atoms with Crippen LogP contribution in [0.25, 0.3) is 0 Å². The molecule has 1 atom stereocenters. The SMILES string of the molecule is COc1ccc(C(COCc2cccc(Oc3ccccc3)c2)C(C)C)cc1OC. The number of methoxy groups -OCH3 is 2. The lowest BCUT2D eigenvalue weighted by atomic mass is 9.89. The van der Waals surface area contributed by atoms with E-state index in [4.69, 9.17) is 18.9 Å². The molecule has 0 N–H and O–H groups in total. The van der Waals surface area contributed by atoms with Crippen LogP contribution < -0.4 is 14.2 Å². The summed E-state index contributed by atoms with van der Waals surface area (Å²) in [5.74, 6) is 3.79. The van der Waals surface area contributed by atoms with E-state index in [2.05, 4.69) is 26.0 Å². The van der Waals surface area contributed by atoms with Crippen LogP contribution in [0.5, 0.6) is 23.0 Å². The minimum Gasteiger partial charge on any atom is -0.493 e. The second-order valence-electron chi connectivity index (χ2n) is 7.54. The number of hydrogen-bond donors (Lipinski definition) is 0. The van der Waals surface area contributed by atoms with E-state index in [9.17, 15) is 0 Å². The van der Waals surface area contributed by atoms with Crippen molar-refractivity contribution in [2.75, 3.05) is 20.8 Å². The van der Waals surface area contributed by atoms with E-state index in [0.29, 0.717) is 19.1 Å². The van der Waals surface area contributed by atoms with Crippen molar-refractivity contribution in [2.24, 2.45) is 5.92 Å². The Balaban J connectivity index is 1.63. The average Bonchev–Trinajstić information content (AvgIpc) is 2.77. The van der Waals surface area contributed by atoms with Crippen molar-refractivity contribution >= 4 is 0 Å². The summed E-state index contributed by atoms with van der Waals surface area (Å²) in [6.07, 6.45) is 0. The second kappa shape index (κ2) is 10.7. The molecule has 4 nitrogen and oxygen atoms in total. The fraction of sp³-hybridized carbons (Fsp3) is 0.308. The van der Waals surface area contributed by atoms with Gasteiger partial charge in [-0.3, -0.25) is 0 Å². The third-order valence-corrected chi connectivity index (χ3v) is 5.08. The predicted molar refractivity (Wildman–Crippen MR) is 120 cm³/mol. The average molecular weight is 407 g/mol. The summed E-state index contributed by atoms with van der Waals surface area (Å²) in [6, 6.07) is 23.9. The normalized spacial score (nSPS) is 11.9. The van der Waals surface area contributed by atoms with E-state index in [1.54, 1.807) is 14.2 Å². The Morgan fingerprint density at radius 1 is 0.733 bits per heavy atom. The molecule has 3 aromatic rings. The van der Waals surface area contributed by atoms with Crippen LogP contribution in [0.3, 0.4) is 0 Å². The molecule has 0 amide bonds. The van der Waals surface area contributed by atoms with E-state index in [1.807, 2.05) is 60.7 Å². The number of para-hydroxylation sites is 1. The highest BCUT2D eigenvalue weighted by Crippen LogP contribution is 2.33. The van der Waals surface area contributed by atoms with Gasteiger partial charge in [0.2, 0.25) is 0 Å². The zero-order valence-corrected chi connectivity index (χ0v) is 18.1. The number of hydrogen-bond acceptors (Lipinski definition) is 4. The van der Waals surface area contributed by atoms with Crippen LogP contribution in [0, 0.1) is 5.92 Å². The summed E-state index contributed by atoms with van der Waals surface area (Å²) in [5.41, 5.74) is 2.27. The Morgan fingerprint density at radius 2 is 1.47 bits per heavy atom. The van der Waals surface area contributed by atoms with Gasteiger partial charge in [-0.25, -0.2) is 0 Å². The highest BCUT2D eigenvalue weighted by Gasteiger charge is 2.18. The Hall–Kier alpha value is -2.98.